The first kappa shape index (κ1) is 26.1. The van der Waals surface area contributed by atoms with Gasteiger partial charge in [-0.3, -0.25) is 19.3 Å². The van der Waals surface area contributed by atoms with Gasteiger partial charge in [-0.05, 0) is 57.0 Å². The van der Waals surface area contributed by atoms with Crippen molar-refractivity contribution in [2.24, 2.45) is 5.73 Å². The van der Waals surface area contributed by atoms with Gasteiger partial charge in [0.2, 0.25) is 0 Å². The Balaban J connectivity index is 1.59. The molecule has 0 aliphatic heterocycles. The minimum Gasteiger partial charge on any atom is -0.496 e. The van der Waals surface area contributed by atoms with Gasteiger partial charge in [-0.15, -0.1) is 0 Å². The molecule has 0 radical (unpaired) electrons. The van der Waals surface area contributed by atoms with Crippen LogP contribution in [0.2, 0.25) is 0 Å². The lowest BCUT2D eigenvalue weighted by molar-refractivity contribution is -0.136. The summed E-state index contributed by atoms with van der Waals surface area (Å²) in [4.78, 5) is 42.8. The Morgan fingerprint density at radius 1 is 1.13 bits per heavy atom. The van der Waals surface area contributed by atoms with Crippen LogP contribution in [0.3, 0.4) is 0 Å². The van der Waals surface area contributed by atoms with Gasteiger partial charge in [0, 0.05) is 23.0 Å². The highest BCUT2D eigenvalue weighted by molar-refractivity contribution is 6.40. The number of anilines is 2. The van der Waals surface area contributed by atoms with E-state index in [1.165, 1.54) is 24.7 Å². The van der Waals surface area contributed by atoms with Crippen LogP contribution in [-0.2, 0) is 16.0 Å². The number of aryl methyl sites for hydroxylation is 1. The molecule has 3 amide bonds. The number of hydrogen-bond donors (Lipinski definition) is 2. The van der Waals surface area contributed by atoms with Crippen LogP contribution in [-0.4, -0.2) is 40.5 Å². The maximum Gasteiger partial charge on any atom is 0.316 e. The second kappa shape index (κ2) is 10.6. The first-order valence-corrected chi connectivity index (χ1v) is 11.6. The molecule has 38 heavy (non-hydrogen) atoms. The molecular formula is C27H27N5O6. The first-order chi connectivity index (χ1) is 18.1. The fourth-order valence-electron chi connectivity index (χ4n) is 4.22. The summed E-state index contributed by atoms with van der Waals surface area (Å²) >= 11 is 0. The Morgan fingerprint density at radius 3 is 2.45 bits per heavy atom. The molecule has 4 rings (SSSR count). The smallest absolute Gasteiger partial charge is 0.316 e. The van der Waals surface area contributed by atoms with Gasteiger partial charge in [0.05, 0.1) is 24.6 Å². The molecule has 0 atom stereocenters. The third-order valence-electron chi connectivity index (χ3n) is 6.00. The average Bonchev–Trinajstić information content (AvgIpc) is 3.57. The van der Waals surface area contributed by atoms with E-state index in [2.05, 4.69) is 15.5 Å². The van der Waals surface area contributed by atoms with E-state index in [4.69, 9.17) is 19.4 Å². The van der Waals surface area contributed by atoms with Crippen molar-refractivity contribution in [1.29, 1.82) is 0 Å². The molecule has 0 unspecified atom stereocenters. The topological polar surface area (TPSA) is 154 Å². The quantitative estimate of drug-likeness (QED) is 0.335. The van der Waals surface area contributed by atoms with Crippen molar-refractivity contribution in [3.63, 3.8) is 0 Å². The largest absolute Gasteiger partial charge is 0.496 e. The lowest BCUT2D eigenvalue weighted by atomic mass is 9.91. The van der Waals surface area contributed by atoms with E-state index in [-0.39, 0.29) is 5.91 Å². The van der Waals surface area contributed by atoms with Crippen LogP contribution >= 0.6 is 0 Å². The molecule has 0 aliphatic rings. The van der Waals surface area contributed by atoms with E-state index in [0.29, 0.717) is 46.1 Å². The van der Waals surface area contributed by atoms with Crippen molar-refractivity contribution >= 4 is 29.1 Å². The van der Waals surface area contributed by atoms with Crippen LogP contribution < -0.4 is 20.7 Å². The number of amides is 3. The Hall–Kier alpha value is -4.93. The number of nitrogens with two attached hydrogens (primary N) is 1. The fraction of sp³-hybridized carbons (Fsp3) is 0.222. The van der Waals surface area contributed by atoms with Crippen molar-refractivity contribution in [3.8, 4) is 17.1 Å². The summed E-state index contributed by atoms with van der Waals surface area (Å²) in [5.74, 6) is -1.36. The Labute approximate surface area is 218 Å². The lowest BCUT2D eigenvalue weighted by Crippen LogP contribution is -2.53. The Morgan fingerprint density at radius 2 is 1.87 bits per heavy atom. The van der Waals surface area contributed by atoms with Gasteiger partial charge in [-0.2, -0.15) is 0 Å². The summed E-state index contributed by atoms with van der Waals surface area (Å²) in [7, 11) is 1.50. The molecule has 0 bridgehead atoms. The number of aromatic nitrogens is 2. The maximum atomic E-state index is 13.0. The summed E-state index contributed by atoms with van der Waals surface area (Å²) in [5.41, 5.74) is 7.88. The highest BCUT2D eigenvalue weighted by Gasteiger charge is 2.35. The monoisotopic (exact) mass is 517 g/mol. The number of ether oxygens (including phenoxy) is 1. The zero-order valence-corrected chi connectivity index (χ0v) is 21.3. The predicted octanol–water partition coefficient (Wildman–Crippen LogP) is 3.74. The zero-order chi connectivity index (χ0) is 27.4. The van der Waals surface area contributed by atoms with Crippen LogP contribution in [0.25, 0.3) is 11.3 Å². The highest BCUT2D eigenvalue weighted by atomic mass is 16.5. The summed E-state index contributed by atoms with van der Waals surface area (Å²) in [6, 6.07) is 12.2. The molecule has 3 N–H and O–H groups in total. The van der Waals surface area contributed by atoms with E-state index >= 15 is 0 Å². The zero-order valence-electron chi connectivity index (χ0n) is 21.3. The number of methoxy groups -OCH3 is 1. The van der Waals surface area contributed by atoms with Gasteiger partial charge in [-0.25, -0.2) is 4.98 Å². The van der Waals surface area contributed by atoms with Crippen molar-refractivity contribution in [2.75, 3.05) is 17.3 Å². The average molecular weight is 518 g/mol. The number of nitrogens with zero attached hydrogens (tertiary/aromatic N) is 3. The van der Waals surface area contributed by atoms with Crippen molar-refractivity contribution in [3.05, 3.63) is 78.1 Å². The van der Waals surface area contributed by atoms with Crippen molar-refractivity contribution < 1.29 is 28.1 Å². The number of oxazole rings is 1. The van der Waals surface area contributed by atoms with Gasteiger partial charge >= 0.3 is 11.8 Å². The molecule has 0 saturated heterocycles. The van der Waals surface area contributed by atoms with E-state index in [0.717, 1.165) is 5.56 Å². The summed E-state index contributed by atoms with van der Waals surface area (Å²) in [6.45, 7) is 5.34. The summed E-state index contributed by atoms with van der Waals surface area (Å²) < 4.78 is 15.7. The van der Waals surface area contributed by atoms with Crippen LogP contribution in [0.5, 0.6) is 5.75 Å². The van der Waals surface area contributed by atoms with Crippen LogP contribution in [0, 0.1) is 6.92 Å². The van der Waals surface area contributed by atoms with Gasteiger partial charge in [0.15, 0.2) is 12.2 Å². The number of benzene rings is 2. The van der Waals surface area contributed by atoms with Gasteiger partial charge in [-0.1, -0.05) is 17.3 Å². The number of carbonyl (C=O) groups is 3. The van der Waals surface area contributed by atoms with Crippen LogP contribution in [0.4, 0.5) is 11.4 Å². The second-order valence-corrected chi connectivity index (χ2v) is 9.21. The Kier molecular flexibility index (Phi) is 7.28. The predicted molar refractivity (Wildman–Crippen MR) is 139 cm³/mol. The second-order valence-electron chi connectivity index (χ2n) is 9.21. The summed E-state index contributed by atoms with van der Waals surface area (Å²) in [6.07, 6.45) is 4.52. The van der Waals surface area contributed by atoms with Crippen molar-refractivity contribution in [1.82, 2.24) is 10.1 Å². The van der Waals surface area contributed by atoms with Gasteiger partial charge in [0.25, 0.3) is 5.91 Å². The third-order valence-corrected chi connectivity index (χ3v) is 6.00. The number of carbonyl (C=O) groups excluding carboxylic acids is 3. The first-order valence-electron chi connectivity index (χ1n) is 11.6. The molecule has 4 aromatic rings. The van der Waals surface area contributed by atoms with E-state index in [1.807, 2.05) is 26.0 Å². The number of hydrogen-bond acceptors (Lipinski definition) is 8. The molecule has 0 fully saturated rings. The normalized spacial score (nSPS) is 11.2. The third kappa shape index (κ3) is 5.41. The van der Waals surface area contributed by atoms with Gasteiger partial charge < -0.3 is 24.7 Å². The minimum absolute atomic E-state index is 0.335. The summed E-state index contributed by atoms with van der Waals surface area (Å²) in [5, 5.41) is 6.51. The molecule has 0 spiro atoms. The molecule has 196 valence electrons. The molecular weight excluding hydrogens is 490 g/mol. The molecule has 11 nitrogen and oxygen atoms in total. The molecule has 11 heteroatoms. The standard InChI is InChI=1S/C27H27N5O6/c1-16-21(14-38-31-16)25(34)30-18-7-5-17(6-8-18)12-27(2,3)32(26(35)24(28)33)19-9-10-20(22(11-19)36-4)23-13-29-15-37-23/h5-11,13-15H,12H2,1-4H3,(H2,28,33)(H,30,34). The number of rotatable bonds is 8. The highest BCUT2D eigenvalue weighted by Crippen LogP contribution is 2.36. The van der Waals surface area contributed by atoms with Gasteiger partial charge in [0.1, 0.15) is 17.6 Å². The molecule has 2 heterocycles. The van der Waals surface area contributed by atoms with E-state index < -0.39 is 17.4 Å². The van der Waals surface area contributed by atoms with E-state index in [9.17, 15) is 14.4 Å². The minimum atomic E-state index is -1.08. The molecule has 2 aromatic carbocycles. The van der Waals surface area contributed by atoms with E-state index in [1.54, 1.807) is 43.5 Å². The maximum absolute atomic E-state index is 13.0. The van der Waals surface area contributed by atoms with Crippen LogP contribution in [0.15, 0.2) is 70.3 Å². The SMILES string of the molecule is COc1cc(N(C(=O)C(N)=O)C(C)(C)Cc2ccc(NC(=O)c3conc3C)cc2)ccc1-c1cnco1. The molecule has 2 aromatic heterocycles. The Bertz CT molecular complexity index is 1460. The number of primary amides is 1. The lowest BCUT2D eigenvalue weighted by Gasteiger charge is -2.38. The van der Waals surface area contributed by atoms with Crippen LogP contribution in [0.1, 0.15) is 35.5 Å². The fourth-order valence-corrected chi connectivity index (χ4v) is 4.22. The van der Waals surface area contributed by atoms with Crippen molar-refractivity contribution in [2.45, 2.75) is 32.7 Å². The molecule has 0 saturated carbocycles. The molecule has 0 aliphatic carbocycles. The number of nitrogens with one attached hydrogen (secondary N) is 1.